The van der Waals surface area contributed by atoms with Gasteiger partial charge in [0.05, 0.1) is 6.04 Å². The number of nitrogens with zero attached hydrogens (tertiary/aromatic N) is 1. The third kappa shape index (κ3) is 2.82. The van der Waals surface area contributed by atoms with Gasteiger partial charge in [-0.05, 0) is 57.0 Å². The van der Waals surface area contributed by atoms with Crippen molar-refractivity contribution in [3.8, 4) is 5.75 Å². The van der Waals surface area contributed by atoms with Crippen LogP contribution in [0.25, 0.3) is 0 Å². The lowest BCUT2D eigenvalue weighted by atomic mass is 9.90. The zero-order valence-electron chi connectivity index (χ0n) is 13.4. The lowest BCUT2D eigenvalue weighted by molar-refractivity contribution is -0.00999. The van der Waals surface area contributed by atoms with Gasteiger partial charge >= 0.3 is 0 Å². The first kappa shape index (κ1) is 14.9. The summed E-state index contributed by atoms with van der Waals surface area (Å²) < 4.78 is 5.95. The van der Waals surface area contributed by atoms with Gasteiger partial charge in [-0.2, -0.15) is 0 Å². The number of fused-ring (bicyclic) bond motifs is 1. The summed E-state index contributed by atoms with van der Waals surface area (Å²) in [5.41, 5.74) is 3.40. The molecule has 3 nitrogen and oxygen atoms in total. The lowest BCUT2D eigenvalue weighted by Crippen LogP contribution is -2.49. The van der Waals surface area contributed by atoms with E-state index >= 15 is 0 Å². The second kappa shape index (κ2) is 5.98. The first-order valence-electron chi connectivity index (χ1n) is 8.22. The Balaban J connectivity index is 1.81. The molecule has 2 unspecified atom stereocenters. The molecule has 0 spiro atoms. The van der Waals surface area contributed by atoms with E-state index in [0.29, 0.717) is 12.6 Å². The van der Waals surface area contributed by atoms with Crippen molar-refractivity contribution < 1.29 is 9.84 Å². The molecule has 1 heterocycles. The molecule has 1 N–H and O–H groups in total. The number of likely N-dealkylation sites (N-methyl/N-ethyl adjacent to an activating group) is 1. The third-order valence-electron chi connectivity index (χ3n) is 5.39. The Kier molecular flexibility index (Phi) is 4.23. The molecule has 1 aliphatic heterocycles. The molecule has 1 aromatic carbocycles. The fourth-order valence-corrected chi connectivity index (χ4v) is 3.74. The Labute approximate surface area is 127 Å². The van der Waals surface area contributed by atoms with E-state index in [2.05, 4.69) is 37.9 Å². The Hall–Kier alpha value is -1.06. The Bertz CT molecular complexity index is 508. The lowest BCUT2D eigenvalue weighted by Gasteiger charge is -2.41. The van der Waals surface area contributed by atoms with E-state index in [1.165, 1.54) is 43.2 Å². The van der Waals surface area contributed by atoms with Crippen molar-refractivity contribution in [1.82, 2.24) is 4.90 Å². The number of ether oxygens (including phenoxy) is 1. The molecule has 0 aromatic heterocycles. The summed E-state index contributed by atoms with van der Waals surface area (Å²) in [4.78, 5) is 2.36. The van der Waals surface area contributed by atoms with Gasteiger partial charge in [0.25, 0.3) is 0 Å². The first-order valence-corrected chi connectivity index (χ1v) is 8.22. The molecule has 0 bridgehead atoms. The zero-order valence-corrected chi connectivity index (χ0v) is 13.4. The fourth-order valence-electron chi connectivity index (χ4n) is 3.74. The first-order chi connectivity index (χ1) is 10.1. The van der Waals surface area contributed by atoms with Crippen LogP contribution in [-0.2, 0) is 0 Å². The number of hydrogen-bond acceptors (Lipinski definition) is 3. The smallest absolute Gasteiger partial charge is 0.125 e. The normalized spacial score (nSPS) is 26.5. The van der Waals surface area contributed by atoms with Crippen LogP contribution >= 0.6 is 0 Å². The van der Waals surface area contributed by atoms with Crippen molar-refractivity contribution in [2.45, 2.75) is 64.1 Å². The molecule has 116 valence electrons. The molecule has 0 saturated heterocycles. The highest BCUT2D eigenvalue weighted by molar-refractivity contribution is 5.44. The maximum atomic E-state index is 10.8. The molecule has 21 heavy (non-hydrogen) atoms. The van der Waals surface area contributed by atoms with Crippen molar-refractivity contribution in [1.29, 1.82) is 0 Å². The molecule has 0 radical (unpaired) electrons. The van der Waals surface area contributed by atoms with Crippen LogP contribution in [0.4, 0.5) is 0 Å². The summed E-state index contributed by atoms with van der Waals surface area (Å²) in [7, 11) is 2.15. The predicted octanol–water partition coefficient (Wildman–Crippen LogP) is 3.36. The number of aryl methyl sites for hydroxylation is 2. The third-order valence-corrected chi connectivity index (χ3v) is 5.39. The second-order valence-corrected chi connectivity index (χ2v) is 6.75. The zero-order chi connectivity index (χ0) is 15.0. The Morgan fingerprint density at radius 3 is 2.48 bits per heavy atom. The molecule has 2 aliphatic rings. The van der Waals surface area contributed by atoms with Gasteiger partial charge in [0.1, 0.15) is 18.5 Å². The van der Waals surface area contributed by atoms with Gasteiger partial charge in [-0.1, -0.05) is 19.3 Å². The second-order valence-electron chi connectivity index (χ2n) is 6.75. The predicted molar refractivity (Wildman–Crippen MR) is 84.8 cm³/mol. The standard InChI is InChI=1S/C18H27NO2/c1-12-9-15-17(10-13(12)2)21-11-16(18(15)20)19(3)14-7-5-4-6-8-14/h9-10,14,16,18,20H,4-8,11H2,1-3H3. The largest absolute Gasteiger partial charge is 0.491 e. The summed E-state index contributed by atoms with van der Waals surface area (Å²) in [6, 6.07) is 4.82. The number of rotatable bonds is 2. The van der Waals surface area contributed by atoms with Gasteiger partial charge < -0.3 is 9.84 Å². The number of hydrogen-bond donors (Lipinski definition) is 1. The maximum Gasteiger partial charge on any atom is 0.125 e. The van der Waals surface area contributed by atoms with Crippen molar-refractivity contribution in [2.75, 3.05) is 13.7 Å². The topological polar surface area (TPSA) is 32.7 Å². The molecular weight excluding hydrogens is 262 g/mol. The Morgan fingerprint density at radius 2 is 1.76 bits per heavy atom. The summed E-state index contributed by atoms with van der Waals surface area (Å²) in [6.45, 7) is 4.77. The van der Waals surface area contributed by atoms with Crippen LogP contribution in [-0.4, -0.2) is 35.7 Å². The highest BCUT2D eigenvalue weighted by Gasteiger charge is 2.35. The average molecular weight is 289 g/mol. The number of benzene rings is 1. The van der Waals surface area contributed by atoms with E-state index in [4.69, 9.17) is 4.74 Å². The van der Waals surface area contributed by atoms with Crippen molar-refractivity contribution >= 4 is 0 Å². The molecule has 1 saturated carbocycles. The molecule has 3 rings (SSSR count). The summed E-state index contributed by atoms with van der Waals surface area (Å²) in [5, 5.41) is 10.8. The van der Waals surface area contributed by atoms with Gasteiger partial charge in [-0.25, -0.2) is 0 Å². The van der Waals surface area contributed by atoms with Crippen LogP contribution < -0.4 is 4.74 Å². The fraction of sp³-hybridized carbons (Fsp3) is 0.667. The quantitative estimate of drug-likeness (QED) is 0.906. The molecule has 1 fully saturated rings. The minimum Gasteiger partial charge on any atom is -0.491 e. The van der Waals surface area contributed by atoms with E-state index in [-0.39, 0.29) is 6.04 Å². The summed E-state index contributed by atoms with van der Waals surface area (Å²) in [6.07, 6.45) is 6.04. The highest BCUT2D eigenvalue weighted by atomic mass is 16.5. The molecule has 1 aliphatic carbocycles. The molecule has 3 heteroatoms. The molecule has 1 aromatic rings. The van der Waals surface area contributed by atoms with Gasteiger partial charge in [0.15, 0.2) is 0 Å². The summed E-state index contributed by atoms with van der Waals surface area (Å²) in [5.74, 6) is 0.860. The minimum atomic E-state index is -0.444. The van der Waals surface area contributed by atoms with Crippen molar-refractivity contribution in [2.24, 2.45) is 0 Å². The molecule has 0 amide bonds. The van der Waals surface area contributed by atoms with Crippen LogP contribution in [0.15, 0.2) is 12.1 Å². The molecular formula is C18H27NO2. The van der Waals surface area contributed by atoms with Crippen LogP contribution in [0.1, 0.15) is 54.9 Å². The minimum absolute atomic E-state index is 0.0720. The molecule has 2 atom stereocenters. The van der Waals surface area contributed by atoms with Gasteiger partial charge in [0.2, 0.25) is 0 Å². The van der Waals surface area contributed by atoms with E-state index in [1.807, 2.05) is 0 Å². The van der Waals surface area contributed by atoms with E-state index in [0.717, 1.165) is 11.3 Å². The highest BCUT2D eigenvalue weighted by Crippen LogP contribution is 2.37. The summed E-state index contributed by atoms with van der Waals surface area (Å²) >= 11 is 0. The van der Waals surface area contributed by atoms with Gasteiger partial charge in [0, 0.05) is 11.6 Å². The van der Waals surface area contributed by atoms with Crippen LogP contribution in [0.5, 0.6) is 5.75 Å². The van der Waals surface area contributed by atoms with Crippen LogP contribution in [0.2, 0.25) is 0 Å². The number of aliphatic hydroxyl groups excluding tert-OH is 1. The average Bonchev–Trinajstić information content (AvgIpc) is 2.50. The van der Waals surface area contributed by atoms with Crippen molar-refractivity contribution in [3.63, 3.8) is 0 Å². The van der Waals surface area contributed by atoms with E-state index in [1.54, 1.807) is 0 Å². The monoisotopic (exact) mass is 289 g/mol. The van der Waals surface area contributed by atoms with Crippen LogP contribution in [0.3, 0.4) is 0 Å². The van der Waals surface area contributed by atoms with Crippen LogP contribution in [0, 0.1) is 13.8 Å². The number of aliphatic hydroxyl groups is 1. The van der Waals surface area contributed by atoms with Crippen molar-refractivity contribution in [3.05, 3.63) is 28.8 Å². The SMILES string of the molecule is Cc1cc2c(cc1C)C(O)C(N(C)C1CCCCC1)CO2. The maximum absolute atomic E-state index is 10.8. The van der Waals surface area contributed by atoms with Gasteiger partial charge in [-0.3, -0.25) is 4.90 Å². The van der Waals surface area contributed by atoms with Gasteiger partial charge in [-0.15, -0.1) is 0 Å². The van der Waals surface area contributed by atoms with E-state index in [9.17, 15) is 5.11 Å². The Morgan fingerprint density at radius 1 is 1.10 bits per heavy atom. The van der Waals surface area contributed by atoms with E-state index < -0.39 is 6.10 Å².